The maximum absolute atomic E-state index is 10.4. The van der Waals surface area contributed by atoms with Gasteiger partial charge >= 0.3 is 0 Å². The molecule has 0 aliphatic heterocycles. The number of nitrogens with two attached hydrogens (primary N) is 1. The van der Waals surface area contributed by atoms with Crippen LogP contribution in [-0.4, -0.2) is 11.4 Å². The number of benzene rings is 1. The van der Waals surface area contributed by atoms with E-state index in [0.29, 0.717) is 5.69 Å². The molecule has 0 radical (unpaired) electrons. The van der Waals surface area contributed by atoms with Crippen molar-refractivity contribution in [3.05, 3.63) is 23.8 Å². The molecule has 3 heteroatoms. The summed E-state index contributed by atoms with van der Waals surface area (Å²) in [4.78, 5) is 10.4. The van der Waals surface area contributed by atoms with Crippen molar-refractivity contribution < 1.29 is 9.90 Å². The number of hydrogen-bond acceptors (Lipinski definition) is 3. The standard InChI is InChI=1S/C9H11NO2/c1-6(5-11)7-2-3-8(10)9(12)4-7/h2-6,12H,10H2,1H3. The van der Waals surface area contributed by atoms with E-state index in [4.69, 9.17) is 5.73 Å². The summed E-state index contributed by atoms with van der Waals surface area (Å²) in [5, 5.41) is 9.20. The summed E-state index contributed by atoms with van der Waals surface area (Å²) in [5.41, 5.74) is 6.50. The molecule has 1 unspecified atom stereocenters. The zero-order valence-corrected chi connectivity index (χ0v) is 6.82. The molecule has 0 aliphatic carbocycles. The molecule has 0 spiro atoms. The fourth-order valence-electron chi connectivity index (χ4n) is 0.922. The molecule has 0 aliphatic rings. The molecule has 3 nitrogen and oxygen atoms in total. The number of carbonyl (C=O) groups is 1. The summed E-state index contributed by atoms with van der Waals surface area (Å²) in [6.45, 7) is 1.76. The number of hydrogen-bond donors (Lipinski definition) is 2. The van der Waals surface area contributed by atoms with E-state index in [2.05, 4.69) is 0 Å². The molecule has 0 saturated carbocycles. The van der Waals surface area contributed by atoms with E-state index in [1.807, 2.05) is 0 Å². The van der Waals surface area contributed by atoms with E-state index in [1.54, 1.807) is 19.1 Å². The molecule has 0 bridgehead atoms. The van der Waals surface area contributed by atoms with Gasteiger partial charge in [-0.25, -0.2) is 0 Å². The molecular formula is C9H11NO2. The Morgan fingerprint density at radius 3 is 2.75 bits per heavy atom. The summed E-state index contributed by atoms with van der Waals surface area (Å²) < 4.78 is 0. The summed E-state index contributed by atoms with van der Waals surface area (Å²) in [5.74, 6) is -0.169. The third-order valence-electron chi connectivity index (χ3n) is 1.78. The number of phenols is 1. The molecular weight excluding hydrogens is 154 g/mol. The first-order valence-corrected chi connectivity index (χ1v) is 3.69. The number of carbonyl (C=O) groups excluding carboxylic acids is 1. The lowest BCUT2D eigenvalue weighted by Gasteiger charge is -2.05. The van der Waals surface area contributed by atoms with E-state index in [9.17, 15) is 9.90 Å². The third kappa shape index (κ3) is 1.56. The zero-order chi connectivity index (χ0) is 9.14. The van der Waals surface area contributed by atoms with Crippen LogP contribution in [0.15, 0.2) is 18.2 Å². The van der Waals surface area contributed by atoms with E-state index in [-0.39, 0.29) is 11.7 Å². The quantitative estimate of drug-likeness (QED) is 0.394. The van der Waals surface area contributed by atoms with Crippen molar-refractivity contribution in [3.63, 3.8) is 0 Å². The molecule has 1 rings (SSSR count). The second-order valence-corrected chi connectivity index (χ2v) is 2.74. The Hall–Kier alpha value is -1.51. The SMILES string of the molecule is CC(C=O)c1ccc(N)c(O)c1. The Balaban J connectivity index is 3.04. The minimum atomic E-state index is -0.198. The van der Waals surface area contributed by atoms with Crippen LogP contribution in [0.25, 0.3) is 0 Å². The summed E-state index contributed by atoms with van der Waals surface area (Å²) >= 11 is 0. The number of aldehydes is 1. The first-order chi connectivity index (χ1) is 5.65. The van der Waals surface area contributed by atoms with Crippen molar-refractivity contribution >= 4 is 12.0 Å². The summed E-state index contributed by atoms with van der Waals surface area (Å²) in [6, 6.07) is 4.83. The maximum Gasteiger partial charge on any atom is 0.138 e. The third-order valence-corrected chi connectivity index (χ3v) is 1.78. The highest BCUT2D eigenvalue weighted by molar-refractivity contribution is 5.64. The Bertz CT molecular complexity index is 297. The smallest absolute Gasteiger partial charge is 0.138 e. The van der Waals surface area contributed by atoms with Gasteiger partial charge in [-0.2, -0.15) is 0 Å². The van der Waals surface area contributed by atoms with E-state index < -0.39 is 0 Å². The van der Waals surface area contributed by atoms with E-state index in [1.165, 1.54) is 6.07 Å². The van der Waals surface area contributed by atoms with Gasteiger partial charge in [0.15, 0.2) is 0 Å². The highest BCUT2D eigenvalue weighted by atomic mass is 16.3. The summed E-state index contributed by atoms with van der Waals surface area (Å²) in [7, 11) is 0. The van der Waals surface area contributed by atoms with Gasteiger partial charge in [0.25, 0.3) is 0 Å². The van der Waals surface area contributed by atoms with Crippen molar-refractivity contribution in [1.29, 1.82) is 0 Å². The van der Waals surface area contributed by atoms with Gasteiger partial charge in [0.05, 0.1) is 5.69 Å². The fourth-order valence-corrected chi connectivity index (χ4v) is 0.922. The van der Waals surface area contributed by atoms with Gasteiger partial charge in [-0.3, -0.25) is 0 Å². The molecule has 0 fully saturated rings. The average Bonchev–Trinajstić information content (AvgIpc) is 2.08. The lowest BCUT2D eigenvalue weighted by Crippen LogP contribution is -1.95. The number of aromatic hydroxyl groups is 1. The van der Waals surface area contributed by atoms with Crippen molar-refractivity contribution in [2.45, 2.75) is 12.8 Å². The zero-order valence-electron chi connectivity index (χ0n) is 6.82. The maximum atomic E-state index is 10.4. The molecule has 1 aromatic rings. The minimum absolute atomic E-state index is 0.0289. The Kier molecular flexibility index (Phi) is 2.33. The second-order valence-electron chi connectivity index (χ2n) is 2.74. The first-order valence-electron chi connectivity index (χ1n) is 3.69. The van der Waals surface area contributed by atoms with Gasteiger partial charge in [0.1, 0.15) is 12.0 Å². The Labute approximate surface area is 70.8 Å². The van der Waals surface area contributed by atoms with Gasteiger partial charge in [0.2, 0.25) is 0 Å². The minimum Gasteiger partial charge on any atom is -0.506 e. The van der Waals surface area contributed by atoms with Crippen LogP contribution >= 0.6 is 0 Å². The molecule has 0 heterocycles. The Morgan fingerprint density at radius 1 is 1.58 bits per heavy atom. The summed E-state index contributed by atoms with van der Waals surface area (Å²) in [6.07, 6.45) is 0.824. The van der Waals surface area contributed by atoms with Crippen LogP contribution < -0.4 is 5.73 Å². The number of anilines is 1. The van der Waals surface area contributed by atoms with Crippen LogP contribution in [0.3, 0.4) is 0 Å². The monoisotopic (exact) mass is 165 g/mol. The molecule has 1 atom stereocenters. The van der Waals surface area contributed by atoms with Gasteiger partial charge in [-0.1, -0.05) is 13.0 Å². The highest BCUT2D eigenvalue weighted by Crippen LogP contribution is 2.24. The number of phenolic OH excluding ortho intramolecular Hbond substituents is 1. The van der Waals surface area contributed by atoms with Crippen molar-refractivity contribution in [2.75, 3.05) is 5.73 Å². The van der Waals surface area contributed by atoms with E-state index >= 15 is 0 Å². The van der Waals surface area contributed by atoms with Crippen molar-refractivity contribution in [2.24, 2.45) is 0 Å². The van der Waals surface area contributed by atoms with Crippen LogP contribution in [-0.2, 0) is 4.79 Å². The van der Waals surface area contributed by atoms with Crippen molar-refractivity contribution in [3.8, 4) is 5.75 Å². The number of nitrogen functional groups attached to an aromatic ring is 1. The predicted molar refractivity (Wildman–Crippen MR) is 47.0 cm³/mol. The van der Waals surface area contributed by atoms with Gasteiger partial charge in [-0.05, 0) is 17.7 Å². The fraction of sp³-hybridized carbons (Fsp3) is 0.222. The molecule has 64 valence electrons. The van der Waals surface area contributed by atoms with Gasteiger partial charge in [-0.15, -0.1) is 0 Å². The first kappa shape index (κ1) is 8.59. The molecule has 0 amide bonds. The van der Waals surface area contributed by atoms with Crippen LogP contribution in [0.2, 0.25) is 0 Å². The molecule has 0 aromatic heterocycles. The number of rotatable bonds is 2. The van der Waals surface area contributed by atoms with E-state index in [0.717, 1.165) is 11.8 Å². The average molecular weight is 165 g/mol. The lowest BCUT2D eigenvalue weighted by molar-refractivity contribution is -0.108. The van der Waals surface area contributed by atoms with Crippen LogP contribution in [0.5, 0.6) is 5.75 Å². The molecule has 1 aromatic carbocycles. The van der Waals surface area contributed by atoms with Crippen LogP contribution in [0, 0.1) is 0 Å². The normalized spacial score (nSPS) is 12.4. The van der Waals surface area contributed by atoms with Crippen LogP contribution in [0.1, 0.15) is 18.4 Å². The molecule has 3 N–H and O–H groups in total. The van der Waals surface area contributed by atoms with Crippen LogP contribution in [0.4, 0.5) is 5.69 Å². The highest BCUT2D eigenvalue weighted by Gasteiger charge is 2.05. The second kappa shape index (κ2) is 3.26. The van der Waals surface area contributed by atoms with Crippen molar-refractivity contribution in [1.82, 2.24) is 0 Å². The van der Waals surface area contributed by atoms with Gasteiger partial charge in [0, 0.05) is 5.92 Å². The molecule has 12 heavy (non-hydrogen) atoms. The lowest BCUT2D eigenvalue weighted by atomic mass is 10.0. The van der Waals surface area contributed by atoms with Gasteiger partial charge < -0.3 is 15.6 Å². The Morgan fingerprint density at radius 2 is 2.25 bits per heavy atom. The topological polar surface area (TPSA) is 63.3 Å². The molecule has 0 saturated heterocycles. The largest absolute Gasteiger partial charge is 0.506 e. The predicted octanol–water partition coefficient (Wildman–Crippen LogP) is 1.28.